The summed E-state index contributed by atoms with van der Waals surface area (Å²) in [6.45, 7) is 4.22. The summed E-state index contributed by atoms with van der Waals surface area (Å²) in [5, 5.41) is 4.48. The molecule has 0 spiro atoms. The summed E-state index contributed by atoms with van der Waals surface area (Å²) in [4.78, 5) is 9.57. The van der Waals surface area contributed by atoms with Gasteiger partial charge in [-0.3, -0.25) is 0 Å². The predicted octanol–water partition coefficient (Wildman–Crippen LogP) is 2.55. The molecule has 1 aromatic carbocycles. The maximum Gasteiger partial charge on any atom is 0.157 e. The zero-order chi connectivity index (χ0) is 17.2. The number of benzene rings is 1. The summed E-state index contributed by atoms with van der Waals surface area (Å²) in [5.74, 6) is 1.96. The van der Waals surface area contributed by atoms with E-state index in [4.69, 9.17) is 9.72 Å². The summed E-state index contributed by atoms with van der Waals surface area (Å²) < 4.78 is 7.20. The molecule has 6 nitrogen and oxygen atoms in total. The van der Waals surface area contributed by atoms with Crippen molar-refractivity contribution in [1.29, 1.82) is 0 Å². The Kier molecular flexibility index (Phi) is 4.28. The van der Waals surface area contributed by atoms with E-state index in [1.807, 2.05) is 41.0 Å². The van der Waals surface area contributed by atoms with Crippen molar-refractivity contribution < 1.29 is 4.74 Å². The highest BCUT2D eigenvalue weighted by Crippen LogP contribution is 2.26. The third-order valence-electron chi connectivity index (χ3n) is 4.77. The number of methoxy groups -OCH3 is 1. The highest BCUT2D eigenvalue weighted by Gasteiger charge is 2.17. The summed E-state index contributed by atoms with van der Waals surface area (Å²) in [7, 11) is 3.86. The van der Waals surface area contributed by atoms with Crippen LogP contribution in [0.25, 0.3) is 16.9 Å². The minimum absolute atomic E-state index is 0.852. The van der Waals surface area contributed by atoms with Gasteiger partial charge in [0.25, 0.3) is 0 Å². The summed E-state index contributed by atoms with van der Waals surface area (Å²) >= 11 is 0. The molecule has 2 aromatic heterocycles. The van der Waals surface area contributed by atoms with Gasteiger partial charge in [-0.1, -0.05) is 0 Å². The van der Waals surface area contributed by atoms with Gasteiger partial charge in [-0.15, -0.1) is 0 Å². The van der Waals surface area contributed by atoms with Gasteiger partial charge in [-0.05, 0) is 44.3 Å². The van der Waals surface area contributed by atoms with E-state index in [1.54, 1.807) is 7.11 Å². The van der Waals surface area contributed by atoms with Gasteiger partial charge in [-0.2, -0.15) is 9.61 Å². The van der Waals surface area contributed by atoms with Crippen LogP contribution in [0.3, 0.4) is 0 Å². The fourth-order valence-electron chi connectivity index (χ4n) is 3.31. The average Bonchev–Trinajstić information content (AvgIpc) is 3.02. The zero-order valence-electron chi connectivity index (χ0n) is 14.7. The van der Waals surface area contributed by atoms with Crippen molar-refractivity contribution >= 4 is 11.5 Å². The second-order valence-corrected chi connectivity index (χ2v) is 6.47. The molecule has 0 radical (unpaired) electrons. The van der Waals surface area contributed by atoms with E-state index in [-0.39, 0.29) is 0 Å². The normalized spacial score (nSPS) is 16.2. The third kappa shape index (κ3) is 3.17. The van der Waals surface area contributed by atoms with Crippen LogP contribution in [0.5, 0.6) is 5.75 Å². The molecule has 0 aliphatic carbocycles. The first-order chi connectivity index (χ1) is 12.2. The Bertz CT molecular complexity index is 858. The smallest absolute Gasteiger partial charge is 0.157 e. The molecule has 25 heavy (non-hydrogen) atoms. The average molecular weight is 337 g/mol. The van der Waals surface area contributed by atoms with Crippen molar-refractivity contribution in [2.45, 2.75) is 6.42 Å². The zero-order valence-corrected chi connectivity index (χ0v) is 14.7. The van der Waals surface area contributed by atoms with Crippen molar-refractivity contribution in [3.8, 4) is 17.0 Å². The molecule has 0 atom stereocenters. The maximum absolute atomic E-state index is 5.26. The highest BCUT2D eigenvalue weighted by molar-refractivity contribution is 5.67. The highest BCUT2D eigenvalue weighted by atomic mass is 16.5. The number of likely N-dealkylation sites (N-methyl/N-ethyl adjacent to an activating group) is 1. The van der Waals surface area contributed by atoms with Gasteiger partial charge in [0.05, 0.1) is 19.0 Å². The number of hydrogen-bond donors (Lipinski definition) is 0. The molecule has 0 unspecified atom stereocenters. The van der Waals surface area contributed by atoms with Gasteiger partial charge in [0.1, 0.15) is 11.6 Å². The number of anilines is 1. The fourth-order valence-corrected chi connectivity index (χ4v) is 3.31. The van der Waals surface area contributed by atoms with Gasteiger partial charge in [-0.25, -0.2) is 4.98 Å². The summed E-state index contributed by atoms with van der Waals surface area (Å²) in [6.07, 6.45) is 2.97. The number of hydrogen-bond acceptors (Lipinski definition) is 5. The number of aromatic nitrogens is 3. The number of rotatable bonds is 3. The van der Waals surface area contributed by atoms with Crippen LogP contribution >= 0.6 is 0 Å². The molecule has 1 aliphatic rings. The van der Waals surface area contributed by atoms with E-state index < -0.39 is 0 Å². The quantitative estimate of drug-likeness (QED) is 0.735. The van der Waals surface area contributed by atoms with E-state index in [9.17, 15) is 0 Å². The maximum atomic E-state index is 5.26. The molecule has 3 heterocycles. The van der Waals surface area contributed by atoms with Gasteiger partial charge in [0, 0.05) is 37.3 Å². The van der Waals surface area contributed by atoms with E-state index in [1.165, 1.54) is 0 Å². The van der Waals surface area contributed by atoms with Crippen molar-refractivity contribution in [2.75, 3.05) is 45.2 Å². The van der Waals surface area contributed by atoms with E-state index in [2.05, 4.69) is 28.0 Å². The SMILES string of the molecule is COc1ccc(-c2cc(N3CCCN(C)CC3)n3nccc3n2)cc1. The third-order valence-corrected chi connectivity index (χ3v) is 4.77. The van der Waals surface area contributed by atoms with Crippen LogP contribution in [-0.2, 0) is 0 Å². The van der Waals surface area contributed by atoms with Crippen molar-refractivity contribution in [2.24, 2.45) is 0 Å². The van der Waals surface area contributed by atoms with Crippen molar-refractivity contribution in [1.82, 2.24) is 19.5 Å². The Labute approximate surface area is 147 Å². The largest absolute Gasteiger partial charge is 0.497 e. The molecule has 0 bridgehead atoms. The van der Waals surface area contributed by atoms with Gasteiger partial charge < -0.3 is 14.5 Å². The van der Waals surface area contributed by atoms with Crippen LogP contribution in [0.1, 0.15) is 6.42 Å². The Balaban J connectivity index is 1.76. The molecule has 3 aromatic rings. The van der Waals surface area contributed by atoms with Crippen LogP contribution in [0.2, 0.25) is 0 Å². The molecular weight excluding hydrogens is 314 g/mol. The van der Waals surface area contributed by atoms with Crippen LogP contribution in [0.15, 0.2) is 42.6 Å². The van der Waals surface area contributed by atoms with Crippen LogP contribution < -0.4 is 9.64 Å². The van der Waals surface area contributed by atoms with E-state index in [0.29, 0.717) is 0 Å². The van der Waals surface area contributed by atoms with Crippen LogP contribution in [0.4, 0.5) is 5.82 Å². The number of nitrogens with zero attached hydrogens (tertiary/aromatic N) is 5. The van der Waals surface area contributed by atoms with Crippen LogP contribution in [-0.4, -0.2) is 59.8 Å². The Hall–Kier alpha value is -2.60. The minimum atomic E-state index is 0.852. The first-order valence-electron chi connectivity index (χ1n) is 8.67. The molecule has 1 saturated heterocycles. The predicted molar refractivity (Wildman–Crippen MR) is 99.3 cm³/mol. The molecule has 0 N–H and O–H groups in total. The molecule has 6 heteroatoms. The topological polar surface area (TPSA) is 45.9 Å². The Morgan fingerprint density at radius 1 is 1.00 bits per heavy atom. The van der Waals surface area contributed by atoms with E-state index in [0.717, 1.165) is 61.1 Å². The second kappa shape index (κ2) is 6.72. The lowest BCUT2D eigenvalue weighted by molar-refractivity contribution is 0.360. The number of ether oxygens (including phenoxy) is 1. The lowest BCUT2D eigenvalue weighted by atomic mass is 10.1. The molecule has 0 saturated carbocycles. The Morgan fingerprint density at radius 3 is 2.64 bits per heavy atom. The molecule has 4 rings (SSSR count). The molecule has 0 amide bonds. The van der Waals surface area contributed by atoms with Gasteiger partial charge in [0.15, 0.2) is 5.65 Å². The van der Waals surface area contributed by atoms with E-state index >= 15 is 0 Å². The summed E-state index contributed by atoms with van der Waals surface area (Å²) in [6, 6.07) is 12.1. The number of fused-ring (bicyclic) bond motifs is 1. The standard InChI is InChI=1S/C19H23N5O/c1-22-10-3-11-23(13-12-22)19-14-17(21-18-8-9-20-24(18)19)15-4-6-16(25-2)7-5-15/h4-9,14H,3,10-13H2,1-2H3. The molecule has 1 aliphatic heterocycles. The van der Waals surface area contributed by atoms with Gasteiger partial charge >= 0.3 is 0 Å². The van der Waals surface area contributed by atoms with Crippen molar-refractivity contribution in [3.05, 3.63) is 42.6 Å². The molecule has 130 valence electrons. The lowest BCUT2D eigenvalue weighted by Crippen LogP contribution is -2.30. The second-order valence-electron chi connectivity index (χ2n) is 6.47. The first kappa shape index (κ1) is 15.9. The van der Waals surface area contributed by atoms with Crippen molar-refractivity contribution in [3.63, 3.8) is 0 Å². The summed E-state index contributed by atoms with van der Waals surface area (Å²) in [5.41, 5.74) is 2.92. The van der Waals surface area contributed by atoms with Crippen LogP contribution in [0, 0.1) is 0 Å². The Morgan fingerprint density at radius 2 is 1.84 bits per heavy atom. The fraction of sp³-hybridized carbons (Fsp3) is 0.368. The minimum Gasteiger partial charge on any atom is -0.497 e. The monoisotopic (exact) mass is 337 g/mol. The lowest BCUT2D eigenvalue weighted by Gasteiger charge is -2.23. The van der Waals surface area contributed by atoms with Gasteiger partial charge in [0.2, 0.25) is 0 Å². The first-order valence-corrected chi connectivity index (χ1v) is 8.67. The molecule has 1 fully saturated rings. The molecular formula is C19H23N5O.